The molecule has 1 saturated carbocycles. The molecule has 4 rings (SSSR count). The molecule has 0 aromatic carbocycles. The molecule has 1 aromatic heterocycles. The van der Waals surface area contributed by atoms with E-state index in [1.807, 2.05) is 0 Å². The highest BCUT2D eigenvalue weighted by Crippen LogP contribution is 2.39. The monoisotopic (exact) mass is 248 g/mol. The molecule has 1 aliphatic carbocycles. The molecule has 2 aliphatic heterocycles. The number of nitrogens with one attached hydrogen (secondary N) is 1. The van der Waals surface area contributed by atoms with Crippen molar-refractivity contribution in [2.75, 3.05) is 19.6 Å². The Morgan fingerprint density at radius 1 is 1.28 bits per heavy atom. The lowest BCUT2D eigenvalue weighted by Crippen LogP contribution is -2.40. The van der Waals surface area contributed by atoms with Crippen LogP contribution >= 0.6 is 0 Å². The maximum Gasteiger partial charge on any atom is 0.229 e. The zero-order valence-electron chi connectivity index (χ0n) is 10.6. The fourth-order valence-electron chi connectivity index (χ4n) is 3.29. The van der Waals surface area contributed by atoms with Crippen LogP contribution in [0.4, 0.5) is 0 Å². The molecule has 2 atom stereocenters. The molecule has 0 radical (unpaired) electrons. The fraction of sp³-hybridized carbons (Fsp3) is 0.846. The Hall–Kier alpha value is -0.940. The maximum absolute atomic E-state index is 5.31. The molecule has 1 N–H and O–H groups in total. The standard InChI is InChI=1S/C13H20N4O/c1-2-10-6-17(7-11(10)14-5-1)8-12-15-13(18-16-12)9-3-4-9/h9-11,14H,1-8H2. The van der Waals surface area contributed by atoms with E-state index < -0.39 is 0 Å². The Morgan fingerprint density at radius 2 is 2.22 bits per heavy atom. The minimum absolute atomic E-state index is 0.564. The Labute approximate surface area is 107 Å². The van der Waals surface area contributed by atoms with Gasteiger partial charge in [-0.05, 0) is 38.1 Å². The first-order valence-corrected chi connectivity index (χ1v) is 7.17. The van der Waals surface area contributed by atoms with Crippen LogP contribution in [0.25, 0.3) is 0 Å². The highest BCUT2D eigenvalue weighted by atomic mass is 16.5. The second-order valence-electron chi connectivity index (χ2n) is 5.98. The van der Waals surface area contributed by atoms with Crippen molar-refractivity contribution < 1.29 is 4.52 Å². The third kappa shape index (κ3) is 2.06. The molecule has 5 nitrogen and oxygen atoms in total. The number of fused-ring (bicyclic) bond motifs is 1. The van der Waals surface area contributed by atoms with Gasteiger partial charge in [0.1, 0.15) is 0 Å². The van der Waals surface area contributed by atoms with Crippen LogP contribution in [0.3, 0.4) is 0 Å². The van der Waals surface area contributed by atoms with Crippen LogP contribution in [0, 0.1) is 5.92 Å². The van der Waals surface area contributed by atoms with Crippen LogP contribution < -0.4 is 5.32 Å². The number of aromatic nitrogens is 2. The van der Waals surface area contributed by atoms with Crippen molar-refractivity contribution in [2.24, 2.45) is 5.92 Å². The zero-order valence-corrected chi connectivity index (χ0v) is 10.6. The highest BCUT2D eigenvalue weighted by molar-refractivity contribution is 5.02. The molecular weight excluding hydrogens is 228 g/mol. The minimum atomic E-state index is 0.564. The molecular formula is C13H20N4O. The van der Waals surface area contributed by atoms with E-state index in [-0.39, 0.29) is 0 Å². The van der Waals surface area contributed by atoms with Gasteiger partial charge in [0, 0.05) is 25.0 Å². The van der Waals surface area contributed by atoms with Crippen molar-refractivity contribution in [3.8, 4) is 0 Å². The summed E-state index contributed by atoms with van der Waals surface area (Å²) in [5, 5.41) is 7.73. The number of nitrogens with zero attached hydrogens (tertiary/aromatic N) is 3. The number of rotatable bonds is 3. The van der Waals surface area contributed by atoms with Gasteiger partial charge in [0.05, 0.1) is 6.54 Å². The summed E-state index contributed by atoms with van der Waals surface area (Å²) in [5.41, 5.74) is 0. The van der Waals surface area contributed by atoms with E-state index in [1.165, 1.54) is 38.8 Å². The van der Waals surface area contributed by atoms with E-state index in [2.05, 4.69) is 20.4 Å². The average molecular weight is 248 g/mol. The van der Waals surface area contributed by atoms with Gasteiger partial charge in [-0.3, -0.25) is 4.90 Å². The summed E-state index contributed by atoms with van der Waals surface area (Å²) < 4.78 is 5.31. The molecule has 2 unspecified atom stereocenters. The number of hydrogen-bond donors (Lipinski definition) is 1. The van der Waals surface area contributed by atoms with Gasteiger partial charge in [-0.15, -0.1) is 0 Å². The SMILES string of the molecule is C1CNC2CN(Cc3noc(C4CC4)n3)CC2C1. The van der Waals surface area contributed by atoms with Crippen molar-refractivity contribution in [3.63, 3.8) is 0 Å². The first kappa shape index (κ1) is 10.9. The first-order chi connectivity index (χ1) is 8.88. The summed E-state index contributed by atoms with van der Waals surface area (Å²) in [5.74, 6) is 3.12. The predicted molar refractivity (Wildman–Crippen MR) is 66.1 cm³/mol. The lowest BCUT2D eigenvalue weighted by molar-refractivity contribution is 0.296. The molecule has 0 bridgehead atoms. The van der Waals surface area contributed by atoms with E-state index in [0.29, 0.717) is 12.0 Å². The summed E-state index contributed by atoms with van der Waals surface area (Å²) in [6.07, 6.45) is 5.13. The van der Waals surface area contributed by atoms with Gasteiger partial charge in [-0.25, -0.2) is 0 Å². The second kappa shape index (κ2) is 4.31. The fourth-order valence-corrected chi connectivity index (χ4v) is 3.29. The third-order valence-corrected chi connectivity index (χ3v) is 4.45. The Kier molecular flexibility index (Phi) is 2.62. The summed E-state index contributed by atoms with van der Waals surface area (Å²) in [7, 11) is 0. The van der Waals surface area contributed by atoms with Crippen LogP contribution in [0.15, 0.2) is 4.52 Å². The average Bonchev–Trinajstić information content (AvgIpc) is 2.99. The molecule has 18 heavy (non-hydrogen) atoms. The summed E-state index contributed by atoms with van der Waals surface area (Å²) >= 11 is 0. The number of likely N-dealkylation sites (tertiary alicyclic amines) is 1. The smallest absolute Gasteiger partial charge is 0.229 e. The predicted octanol–water partition coefficient (Wildman–Crippen LogP) is 1.13. The van der Waals surface area contributed by atoms with Crippen molar-refractivity contribution in [1.82, 2.24) is 20.4 Å². The minimum Gasteiger partial charge on any atom is -0.339 e. The molecule has 3 fully saturated rings. The van der Waals surface area contributed by atoms with Gasteiger partial charge in [-0.1, -0.05) is 5.16 Å². The molecule has 0 amide bonds. The maximum atomic E-state index is 5.31. The van der Waals surface area contributed by atoms with E-state index in [0.717, 1.165) is 30.7 Å². The summed E-state index contributed by atoms with van der Waals surface area (Å²) in [4.78, 5) is 6.98. The largest absolute Gasteiger partial charge is 0.339 e. The lowest BCUT2D eigenvalue weighted by Gasteiger charge is -2.24. The van der Waals surface area contributed by atoms with Crippen LogP contribution in [0.5, 0.6) is 0 Å². The van der Waals surface area contributed by atoms with Gasteiger partial charge in [0.25, 0.3) is 0 Å². The van der Waals surface area contributed by atoms with Crippen LogP contribution in [0.1, 0.15) is 43.3 Å². The third-order valence-electron chi connectivity index (χ3n) is 4.45. The van der Waals surface area contributed by atoms with E-state index >= 15 is 0 Å². The molecule has 3 aliphatic rings. The molecule has 98 valence electrons. The second-order valence-corrected chi connectivity index (χ2v) is 5.98. The number of piperidine rings is 1. The molecule has 3 heterocycles. The topological polar surface area (TPSA) is 54.2 Å². The lowest BCUT2D eigenvalue weighted by atomic mass is 9.94. The van der Waals surface area contributed by atoms with Crippen LogP contribution in [-0.2, 0) is 6.54 Å². The van der Waals surface area contributed by atoms with E-state index in [1.54, 1.807) is 0 Å². The highest BCUT2D eigenvalue weighted by Gasteiger charge is 2.35. The van der Waals surface area contributed by atoms with E-state index in [4.69, 9.17) is 4.52 Å². The Balaban J connectivity index is 1.39. The van der Waals surface area contributed by atoms with Crippen molar-refractivity contribution in [3.05, 3.63) is 11.7 Å². The first-order valence-electron chi connectivity index (χ1n) is 7.17. The zero-order chi connectivity index (χ0) is 11.9. The van der Waals surface area contributed by atoms with Crippen molar-refractivity contribution in [2.45, 2.75) is 44.2 Å². The van der Waals surface area contributed by atoms with Crippen molar-refractivity contribution >= 4 is 0 Å². The molecule has 2 saturated heterocycles. The number of hydrogen-bond acceptors (Lipinski definition) is 5. The molecule has 1 aromatic rings. The van der Waals surface area contributed by atoms with E-state index in [9.17, 15) is 0 Å². The van der Waals surface area contributed by atoms with Gasteiger partial charge in [0.15, 0.2) is 5.82 Å². The summed E-state index contributed by atoms with van der Waals surface area (Å²) in [6.45, 7) is 4.36. The molecule has 5 heteroatoms. The van der Waals surface area contributed by atoms with Crippen LogP contribution in [-0.4, -0.2) is 40.7 Å². The Bertz CT molecular complexity index is 414. The van der Waals surface area contributed by atoms with Crippen molar-refractivity contribution in [1.29, 1.82) is 0 Å². The van der Waals surface area contributed by atoms with Gasteiger partial charge in [-0.2, -0.15) is 4.98 Å². The van der Waals surface area contributed by atoms with Gasteiger partial charge in [0.2, 0.25) is 5.89 Å². The van der Waals surface area contributed by atoms with Gasteiger partial charge < -0.3 is 9.84 Å². The Morgan fingerprint density at radius 3 is 3.06 bits per heavy atom. The van der Waals surface area contributed by atoms with Gasteiger partial charge >= 0.3 is 0 Å². The summed E-state index contributed by atoms with van der Waals surface area (Å²) in [6, 6.07) is 0.688. The molecule has 0 spiro atoms. The van der Waals surface area contributed by atoms with Crippen LogP contribution in [0.2, 0.25) is 0 Å². The quantitative estimate of drug-likeness (QED) is 0.869. The normalized spacial score (nSPS) is 32.7.